The monoisotopic (exact) mass is 284 g/mol. The predicted molar refractivity (Wildman–Crippen MR) is 67.8 cm³/mol. The van der Waals surface area contributed by atoms with E-state index in [1.165, 1.54) is 0 Å². The lowest BCUT2D eigenvalue weighted by Gasteiger charge is -2.34. The van der Waals surface area contributed by atoms with E-state index in [1.807, 2.05) is 13.0 Å². The molecule has 0 aliphatic carbocycles. The van der Waals surface area contributed by atoms with E-state index in [2.05, 4.69) is 37.9 Å². The second-order valence-corrected chi connectivity index (χ2v) is 4.77. The molecule has 1 aromatic heterocycles. The predicted octanol–water partition coefficient (Wildman–Crippen LogP) is 1.99. The molecule has 0 bridgehead atoms. The third kappa shape index (κ3) is 3.03. The van der Waals surface area contributed by atoms with Gasteiger partial charge in [0.2, 0.25) is 0 Å². The molecule has 1 aromatic rings. The molecule has 0 spiro atoms. The minimum absolute atomic E-state index is 0.469. The van der Waals surface area contributed by atoms with Crippen LogP contribution in [0.1, 0.15) is 11.4 Å². The molecule has 4 heteroatoms. The molecule has 88 valence electrons. The van der Waals surface area contributed by atoms with Gasteiger partial charge in [-0.05, 0) is 19.1 Å². The maximum absolute atomic E-state index is 5.47. The van der Waals surface area contributed by atoms with Gasteiger partial charge < -0.3 is 4.74 Å². The standard InChI is InChI=1S/C12H17BrN2O/c1-10-3-2-4-11(14-10)8-15-5-6-16-9-12(15)7-13/h2-4,12H,5-9H2,1H3. The lowest BCUT2D eigenvalue weighted by atomic mass is 10.2. The average Bonchev–Trinajstić information content (AvgIpc) is 2.30. The first-order valence-corrected chi connectivity index (χ1v) is 6.72. The summed E-state index contributed by atoms with van der Waals surface area (Å²) in [5, 5.41) is 0.957. The highest BCUT2D eigenvalue weighted by Crippen LogP contribution is 2.13. The van der Waals surface area contributed by atoms with Crippen molar-refractivity contribution in [1.82, 2.24) is 9.88 Å². The average molecular weight is 285 g/mol. The molecule has 0 saturated carbocycles. The zero-order valence-electron chi connectivity index (χ0n) is 9.53. The summed E-state index contributed by atoms with van der Waals surface area (Å²) in [6.07, 6.45) is 0. The van der Waals surface area contributed by atoms with E-state index in [-0.39, 0.29) is 0 Å². The van der Waals surface area contributed by atoms with Gasteiger partial charge >= 0.3 is 0 Å². The van der Waals surface area contributed by atoms with Crippen molar-refractivity contribution >= 4 is 15.9 Å². The summed E-state index contributed by atoms with van der Waals surface area (Å²) in [5.41, 5.74) is 2.23. The van der Waals surface area contributed by atoms with Crippen LogP contribution < -0.4 is 0 Å². The first-order chi connectivity index (χ1) is 7.79. The Morgan fingerprint density at radius 1 is 1.56 bits per heavy atom. The van der Waals surface area contributed by atoms with Gasteiger partial charge in [0.25, 0.3) is 0 Å². The van der Waals surface area contributed by atoms with Crippen molar-refractivity contribution in [1.29, 1.82) is 0 Å². The summed E-state index contributed by atoms with van der Waals surface area (Å²) in [4.78, 5) is 6.97. The Morgan fingerprint density at radius 3 is 3.19 bits per heavy atom. The zero-order chi connectivity index (χ0) is 11.4. The number of rotatable bonds is 3. The van der Waals surface area contributed by atoms with E-state index < -0.39 is 0 Å². The summed E-state index contributed by atoms with van der Waals surface area (Å²) >= 11 is 3.54. The maximum atomic E-state index is 5.47. The minimum Gasteiger partial charge on any atom is -0.378 e. The van der Waals surface area contributed by atoms with E-state index in [4.69, 9.17) is 4.74 Å². The van der Waals surface area contributed by atoms with Crippen molar-refractivity contribution < 1.29 is 4.74 Å². The Labute approximate surface area is 105 Å². The minimum atomic E-state index is 0.469. The lowest BCUT2D eigenvalue weighted by Crippen LogP contribution is -2.45. The van der Waals surface area contributed by atoms with Crippen LogP contribution in [0.15, 0.2) is 18.2 Å². The molecular formula is C12H17BrN2O. The Balaban J connectivity index is 2.02. The van der Waals surface area contributed by atoms with Gasteiger partial charge in [0.1, 0.15) is 0 Å². The number of aromatic nitrogens is 1. The van der Waals surface area contributed by atoms with Gasteiger partial charge in [-0.15, -0.1) is 0 Å². The number of ether oxygens (including phenoxy) is 1. The van der Waals surface area contributed by atoms with Crippen LogP contribution in [0.5, 0.6) is 0 Å². The van der Waals surface area contributed by atoms with Crippen molar-refractivity contribution in [2.75, 3.05) is 25.1 Å². The number of hydrogen-bond donors (Lipinski definition) is 0. The summed E-state index contributed by atoms with van der Waals surface area (Å²) in [6, 6.07) is 6.66. The largest absolute Gasteiger partial charge is 0.378 e. The molecule has 3 nitrogen and oxygen atoms in total. The van der Waals surface area contributed by atoms with Crippen molar-refractivity contribution in [2.24, 2.45) is 0 Å². The number of pyridine rings is 1. The second kappa shape index (κ2) is 5.75. The van der Waals surface area contributed by atoms with Crippen LogP contribution in [-0.4, -0.2) is 41.0 Å². The van der Waals surface area contributed by atoms with Crippen LogP contribution in [0.4, 0.5) is 0 Å². The fourth-order valence-corrected chi connectivity index (χ4v) is 2.53. The Morgan fingerprint density at radius 2 is 2.44 bits per heavy atom. The van der Waals surface area contributed by atoms with Gasteiger partial charge in [-0.2, -0.15) is 0 Å². The van der Waals surface area contributed by atoms with Gasteiger partial charge in [-0.25, -0.2) is 0 Å². The lowest BCUT2D eigenvalue weighted by molar-refractivity contribution is -0.00267. The molecule has 1 saturated heterocycles. The molecule has 0 N–H and O–H groups in total. The highest BCUT2D eigenvalue weighted by atomic mass is 79.9. The molecule has 2 heterocycles. The van der Waals surface area contributed by atoms with E-state index >= 15 is 0 Å². The first kappa shape index (κ1) is 12.0. The molecule has 1 aliphatic heterocycles. The number of hydrogen-bond acceptors (Lipinski definition) is 3. The van der Waals surface area contributed by atoms with E-state index in [1.54, 1.807) is 0 Å². The number of nitrogens with zero attached hydrogens (tertiary/aromatic N) is 2. The van der Waals surface area contributed by atoms with Crippen LogP contribution in [0.3, 0.4) is 0 Å². The van der Waals surface area contributed by atoms with Crippen LogP contribution in [0.2, 0.25) is 0 Å². The third-order valence-electron chi connectivity index (χ3n) is 2.84. The molecule has 0 aromatic carbocycles. The zero-order valence-corrected chi connectivity index (χ0v) is 11.1. The molecule has 2 rings (SSSR count). The first-order valence-electron chi connectivity index (χ1n) is 5.60. The normalized spacial score (nSPS) is 22.2. The van der Waals surface area contributed by atoms with Gasteiger partial charge in [-0.3, -0.25) is 9.88 Å². The van der Waals surface area contributed by atoms with Crippen molar-refractivity contribution in [3.63, 3.8) is 0 Å². The summed E-state index contributed by atoms with van der Waals surface area (Å²) in [7, 11) is 0. The highest BCUT2D eigenvalue weighted by Gasteiger charge is 2.22. The molecule has 0 amide bonds. The van der Waals surface area contributed by atoms with E-state index in [0.29, 0.717) is 6.04 Å². The molecule has 1 fully saturated rings. The van der Waals surface area contributed by atoms with Crippen molar-refractivity contribution in [2.45, 2.75) is 19.5 Å². The molecule has 1 aliphatic rings. The Hall–Kier alpha value is -0.450. The fraction of sp³-hybridized carbons (Fsp3) is 0.583. The van der Waals surface area contributed by atoms with Crippen molar-refractivity contribution in [3.8, 4) is 0 Å². The van der Waals surface area contributed by atoms with Crippen LogP contribution in [0.25, 0.3) is 0 Å². The molecular weight excluding hydrogens is 268 g/mol. The SMILES string of the molecule is Cc1cccc(CN2CCOCC2CBr)n1. The molecule has 16 heavy (non-hydrogen) atoms. The molecule has 0 radical (unpaired) electrons. The number of halogens is 1. The van der Waals surface area contributed by atoms with Gasteiger partial charge in [0.15, 0.2) is 0 Å². The Kier molecular flexibility index (Phi) is 4.32. The van der Waals surface area contributed by atoms with Gasteiger partial charge in [-0.1, -0.05) is 22.0 Å². The van der Waals surface area contributed by atoms with Crippen LogP contribution in [-0.2, 0) is 11.3 Å². The second-order valence-electron chi connectivity index (χ2n) is 4.12. The van der Waals surface area contributed by atoms with E-state index in [0.717, 1.165) is 43.0 Å². The maximum Gasteiger partial charge on any atom is 0.0630 e. The number of morpholine rings is 1. The number of aryl methyl sites for hydroxylation is 1. The van der Waals surface area contributed by atoms with Crippen molar-refractivity contribution in [3.05, 3.63) is 29.6 Å². The fourth-order valence-electron chi connectivity index (χ4n) is 1.94. The summed E-state index contributed by atoms with van der Waals surface area (Å²) in [5.74, 6) is 0. The summed E-state index contributed by atoms with van der Waals surface area (Å²) < 4.78 is 5.47. The van der Waals surface area contributed by atoms with Crippen LogP contribution in [0, 0.1) is 6.92 Å². The van der Waals surface area contributed by atoms with E-state index in [9.17, 15) is 0 Å². The molecule has 1 atom stereocenters. The topological polar surface area (TPSA) is 25.4 Å². The summed E-state index contributed by atoms with van der Waals surface area (Å²) in [6.45, 7) is 5.59. The third-order valence-corrected chi connectivity index (χ3v) is 3.59. The highest BCUT2D eigenvalue weighted by molar-refractivity contribution is 9.09. The quantitative estimate of drug-likeness (QED) is 0.794. The Bertz CT molecular complexity index is 346. The van der Waals surface area contributed by atoms with Gasteiger partial charge in [0.05, 0.1) is 18.9 Å². The smallest absolute Gasteiger partial charge is 0.0630 e. The van der Waals surface area contributed by atoms with Gasteiger partial charge in [0, 0.05) is 30.2 Å². The van der Waals surface area contributed by atoms with Crippen LogP contribution >= 0.6 is 15.9 Å². The number of alkyl halides is 1. The molecule has 1 unspecified atom stereocenters.